The van der Waals surface area contributed by atoms with Crippen LogP contribution in [0.25, 0.3) is 0 Å². The molecular formula is C14H22BrN3. The van der Waals surface area contributed by atoms with Gasteiger partial charge in [0.05, 0.1) is 10.2 Å². The molecule has 100 valence electrons. The maximum atomic E-state index is 4.13. The third kappa shape index (κ3) is 3.69. The highest BCUT2D eigenvalue weighted by Gasteiger charge is 2.20. The van der Waals surface area contributed by atoms with Crippen LogP contribution in [-0.2, 0) is 0 Å². The van der Waals surface area contributed by atoms with E-state index in [2.05, 4.69) is 44.1 Å². The molecule has 0 spiro atoms. The molecule has 1 N–H and O–H groups in total. The van der Waals surface area contributed by atoms with E-state index in [4.69, 9.17) is 0 Å². The molecule has 1 atom stereocenters. The Morgan fingerprint density at radius 1 is 1.56 bits per heavy atom. The van der Waals surface area contributed by atoms with Crippen LogP contribution in [0.2, 0.25) is 0 Å². The van der Waals surface area contributed by atoms with Gasteiger partial charge in [-0.15, -0.1) is 0 Å². The summed E-state index contributed by atoms with van der Waals surface area (Å²) in [7, 11) is 0. The maximum Gasteiger partial charge on any atom is 0.0592 e. The van der Waals surface area contributed by atoms with Crippen LogP contribution in [0.5, 0.6) is 0 Å². The number of aromatic nitrogens is 1. The number of nitrogens with one attached hydrogen (secondary N) is 1. The van der Waals surface area contributed by atoms with E-state index in [0.717, 1.165) is 36.6 Å². The summed E-state index contributed by atoms with van der Waals surface area (Å²) >= 11 is 3.60. The predicted molar refractivity (Wildman–Crippen MR) is 80.0 cm³/mol. The Bertz CT molecular complexity index is 370. The van der Waals surface area contributed by atoms with Gasteiger partial charge in [-0.05, 0) is 60.3 Å². The van der Waals surface area contributed by atoms with Crippen LogP contribution in [0.4, 0.5) is 5.69 Å². The normalized spacial score (nSPS) is 20.1. The molecule has 0 aliphatic carbocycles. The van der Waals surface area contributed by atoms with E-state index >= 15 is 0 Å². The van der Waals surface area contributed by atoms with Crippen molar-refractivity contribution < 1.29 is 0 Å². The quantitative estimate of drug-likeness (QED) is 0.847. The monoisotopic (exact) mass is 311 g/mol. The molecule has 0 radical (unpaired) electrons. The van der Waals surface area contributed by atoms with Gasteiger partial charge < -0.3 is 10.2 Å². The number of hydrogen-bond acceptors (Lipinski definition) is 3. The van der Waals surface area contributed by atoms with Crippen molar-refractivity contribution in [3.63, 3.8) is 0 Å². The SMILES string of the molecule is CCCNCC1CCCN(c2ccncc2Br)C1. The number of halogens is 1. The topological polar surface area (TPSA) is 28.2 Å². The van der Waals surface area contributed by atoms with Crippen molar-refractivity contribution in [1.82, 2.24) is 10.3 Å². The van der Waals surface area contributed by atoms with Crippen LogP contribution in [0, 0.1) is 5.92 Å². The molecule has 1 aromatic rings. The standard InChI is InChI=1S/C14H22BrN3/c1-2-6-16-9-12-4-3-8-18(11-12)14-5-7-17-10-13(14)15/h5,7,10,12,16H,2-4,6,8-9,11H2,1H3. The minimum absolute atomic E-state index is 0.769. The summed E-state index contributed by atoms with van der Waals surface area (Å²) in [5.41, 5.74) is 1.28. The smallest absolute Gasteiger partial charge is 0.0592 e. The van der Waals surface area contributed by atoms with Crippen LogP contribution in [-0.4, -0.2) is 31.2 Å². The number of pyridine rings is 1. The molecule has 4 heteroatoms. The summed E-state index contributed by atoms with van der Waals surface area (Å²) < 4.78 is 1.10. The summed E-state index contributed by atoms with van der Waals surface area (Å²) in [6.07, 6.45) is 7.60. The molecule has 2 rings (SSSR count). The first-order valence-corrected chi connectivity index (χ1v) is 7.65. The predicted octanol–water partition coefficient (Wildman–Crippen LogP) is 3.06. The second-order valence-corrected chi connectivity index (χ2v) is 5.84. The Hall–Kier alpha value is -0.610. The zero-order valence-electron chi connectivity index (χ0n) is 11.0. The van der Waals surface area contributed by atoms with E-state index in [1.165, 1.54) is 24.9 Å². The van der Waals surface area contributed by atoms with Crippen molar-refractivity contribution in [2.75, 3.05) is 31.1 Å². The van der Waals surface area contributed by atoms with Crippen molar-refractivity contribution in [3.05, 3.63) is 22.9 Å². The largest absolute Gasteiger partial charge is 0.370 e. The fraction of sp³-hybridized carbons (Fsp3) is 0.643. The third-order valence-corrected chi connectivity index (χ3v) is 4.08. The lowest BCUT2D eigenvalue weighted by Gasteiger charge is -2.35. The fourth-order valence-electron chi connectivity index (χ4n) is 2.56. The summed E-state index contributed by atoms with van der Waals surface area (Å²) in [4.78, 5) is 6.61. The molecular weight excluding hydrogens is 290 g/mol. The van der Waals surface area contributed by atoms with Gasteiger partial charge >= 0.3 is 0 Å². The maximum absolute atomic E-state index is 4.13. The Labute approximate surface area is 118 Å². The number of anilines is 1. The third-order valence-electron chi connectivity index (χ3n) is 3.47. The van der Waals surface area contributed by atoms with E-state index < -0.39 is 0 Å². The molecule has 0 bridgehead atoms. The van der Waals surface area contributed by atoms with Crippen LogP contribution in [0.15, 0.2) is 22.9 Å². The molecule has 1 aliphatic rings. The Morgan fingerprint density at radius 3 is 3.22 bits per heavy atom. The number of hydrogen-bond donors (Lipinski definition) is 1. The minimum Gasteiger partial charge on any atom is -0.370 e. The molecule has 1 unspecified atom stereocenters. The van der Waals surface area contributed by atoms with Gasteiger partial charge in [0.15, 0.2) is 0 Å². The molecule has 1 aromatic heterocycles. The van der Waals surface area contributed by atoms with Crippen LogP contribution in [0.3, 0.4) is 0 Å². The first kappa shape index (κ1) is 13.8. The molecule has 2 heterocycles. The first-order valence-electron chi connectivity index (χ1n) is 6.86. The van der Waals surface area contributed by atoms with E-state index in [1.807, 2.05) is 12.4 Å². The average molecular weight is 312 g/mol. The van der Waals surface area contributed by atoms with Gasteiger partial charge in [0.1, 0.15) is 0 Å². The van der Waals surface area contributed by atoms with Gasteiger partial charge in [0.25, 0.3) is 0 Å². The van der Waals surface area contributed by atoms with Crippen LogP contribution >= 0.6 is 15.9 Å². The highest BCUT2D eigenvalue weighted by Crippen LogP contribution is 2.28. The Kier molecular flexibility index (Phi) is 5.45. The highest BCUT2D eigenvalue weighted by atomic mass is 79.9. The fourth-order valence-corrected chi connectivity index (χ4v) is 3.06. The molecule has 1 fully saturated rings. The molecule has 0 aromatic carbocycles. The summed E-state index contributed by atoms with van der Waals surface area (Å²) in [5, 5.41) is 3.54. The van der Waals surface area contributed by atoms with Crippen LogP contribution in [0.1, 0.15) is 26.2 Å². The Morgan fingerprint density at radius 2 is 2.44 bits per heavy atom. The van der Waals surface area contributed by atoms with E-state index in [-0.39, 0.29) is 0 Å². The summed E-state index contributed by atoms with van der Waals surface area (Å²) in [6.45, 7) is 6.81. The molecule has 0 amide bonds. The van der Waals surface area contributed by atoms with Crippen molar-refractivity contribution in [3.8, 4) is 0 Å². The summed E-state index contributed by atoms with van der Waals surface area (Å²) in [5.74, 6) is 0.769. The molecule has 1 saturated heterocycles. The zero-order valence-corrected chi connectivity index (χ0v) is 12.6. The zero-order chi connectivity index (χ0) is 12.8. The van der Waals surface area contributed by atoms with Gasteiger partial charge in [-0.3, -0.25) is 4.98 Å². The molecule has 0 saturated carbocycles. The molecule has 18 heavy (non-hydrogen) atoms. The van der Waals surface area contributed by atoms with Gasteiger partial charge in [-0.2, -0.15) is 0 Å². The lowest BCUT2D eigenvalue weighted by Crippen LogP contribution is -2.40. The van der Waals surface area contributed by atoms with E-state index in [1.54, 1.807) is 0 Å². The average Bonchev–Trinajstić information content (AvgIpc) is 2.40. The minimum atomic E-state index is 0.769. The van der Waals surface area contributed by atoms with Crippen molar-refractivity contribution in [2.24, 2.45) is 5.92 Å². The van der Waals surface area contributed by atoms with Gasteiger partial charge in [-0.1, -0.05) is 6.92 Å². The Balaban J connectivity index is 1.92. The van der Waals surface area contributed by atoms with E-state index in [9.17, 15) is 0 Å². The lowest BCUT2D eigenvalue weighted by atomic mass is 9.97. The van der Waals surface area contributed by atoms with Crippen LogP contribution < -0.4 is 10.2 Å². The second kappa shape index (κ2) is 7.10. The van der Waals surface area contributed by atoms with Gasteiger partial charge in [0, 0.05) is 25.5 Å². The van der Waals surface area contributed by atoms with Gasteiger partial charge in [-0.25, -0.2) is 0 Å². The molecule has 3 nitrogen and oxygen atoms in total. The number of rotatable bonds is 5. The number of nitrogens with zero attached hydrogens (tertiary/aromatic N) is 2. The molecule has 1 aliphatic heterocycles. The number of piperidine rings is 1. The highest BCUT2D eigenvalue weighted by molar-refractivity contribution is 9.10. The van der Waals surface area contributed by atoms with Crippen molar-refractivity contribution in [2.45, 2.75) is 26.2 Å². The lowest BCUT2D eigenvalue weighted by molar-refractivity contribution is 0.392. The second-order valence-electron chi connectivity index (χ2n) is 4.99. The first-order chi connectivity index (χ1) is 8.81. The summed E-state index contributed by atoms with van der Waals surface area (Å²) in [6, 6.07) is 2.10. The van der Waals surface area contributed by atoms with Crippen molar-refractivity contribution >= 4 is 21.6 Å². The van der Waals surface area contributed by atoms with Crippen molar-refractivity contribution in [1.29, 1.82) is 0 Å². The van der Waals surface area contributed by atoms with Gasteiger partial charge in [0.2, 0.25) is 0 Å². The van der Waals surface area contributed by atoms with E-state index in [0.29, 0.717) is 0 Å².